The van der Waals surface area contributed by atoms with Crippen LogP contribution >= 0.6 is 0 Å². The standard InChI is InChI=1S/C19H20FN5O/c1-12-7-8-26-16-5-3-14(20)9-13(16)10-25(2)17-6-4-15-18(24-17)19(23-12)22-11-21-15/h3-6,9,11-12H,7-8,10H2,1-2H3,(H,21,22,23)/t12-/m1/s1. The van der Waals surface area contributed by atoms with E-state index >= 15 is 0 Å². The third kappa shape index (κ3) is 3.24. The lowest BCUT2D eigenvalue weighted by molar-refractivity contribution is 0.300. The van der Waals surface area contributed by atoms with E-state index in [-0.39, 0.29) is 11.9 Å². The van der Waals surface area contributed by atoms with Gasteiger partial charge in [0.2, 0.25) is 0 Å². The predicted octanol–water partition coefficient (Wildman–Crippen LogP) is 3.38. The number of ether oxygens (including phenoxy) is 1. The molecule has 134 valence electrons. The van der Waals surface area contributed by atoms with Crippen LogP contribution in [-0.4, -0.2) is 34.6 Å². The average molecular weight is 353 g/mol. The fourth-order valence-electron chi connectivity index (χ4n) is 3.05. The molecule has 0 spiro atoms. The minimum atomic E-state index is -0.276. The molecule has 1 aliphatic heterocycles. The second kappa shape index (κ2) is 6.74. The number of benzene rings is 1. The topological polar surface area (TPSA) is 63.2 Å². The molecular weight excluding hydrogens is 333 g/mol. The highest BCUT2D eigenvalue weighted by Crippen LogP contribution is 2.26. The van der Waals surface area contributed by atoms with Crippen molar-refractivity contribution >= 4 is 22.7 Å². The summed E-state index contributed by atoms with van der Waals surface area (Å²) in [5.74, 6) is 1.89. The van der Waals surface area contributed by atoms with Crippen LogP contribution in [0.2, 0.25) is 0 Å². The van der Waals surface area contributed by atoms with Crippen LogP contribution in [0.1, 0.15) is 18.9 Å². The molecule has 6 nitrogen and oxygen atoms in total. The van der Waals surface area contributed by atoms with E-state index in [1.807, 2.05) is 24.1 Å². The normalized spacial score (nSPS) is 17.5. The number of anilines is 2. The molecule has 4 rings (SSSR count). The molecule has 0 fully saturated rings. The minimum Gasteiger partial charge on any atom is -0.493 e. The van der Waals surface area contributed by atoms with E-state index < -0.39 is 0 Å². The molecule has 0 radical (unpaired) electrons. The van der Waals surface area contributed by atoms with Gasteiger partial charge in [0.25, 0.3) is 0 Å². The van der Waals surface area contributed by atoms with Crippen molar-refractivity contribution in [3.05, 3.63) is 48.0 Å². The fraction of sp³-hybridized carbons (Fsp3) is 0.316. The first-order chi connectivity index (χ1) is 12.6. The van der Waals surface area contributed by atoms with Crippen molar-refractivity contribution in [3.8, 4) is 5.75 Å². The Labute approximate surface area is 151 Å². The molecule has 1 N–H and O–H groups in total. The molecule has 2 bridgehead atoms. The quantitative estimate of drug-likeness (QED) is 0.668. The van der Waals surface area contributed by atoms with E-state index in [9.17, 15) is 4.39 Å². The molecule has 2 aromatic heterocycles. The molecule has 7 heteroatoms. The van der Waals surface area contributed by atoms with E-state index in [1.54, 1.807) is 6.07 Å². The highest BCUT2D eigenvalue weighted by Gasteiger charge is 2.15. The summed E-state index contributed by atoms with van der Waals surface area (Å²) < 4.78 is 19.7. The van der Waals surface area contributed by atoms with Crippen molar-refractivity contribution in [1.29, 1.82) is 0 Å². The van der Waals surface area contributed by atoms with Crippen molar-refractivity contribution in [2.45, 2.75) is 25.9 Å². The molecule has 1 atom stereocenters. The zero-order chi connectivity index (χ0) is 18.1. The summed E-state index contributed by atoms with van der Waals surface area (Å²) in [6.45, 7) is 3.08. The Morgan fingerprint density at radius 3 is 3.00 bits per heavy atom. The minimum absolute atomic E-state index is 0.140. The van der Waals surface area contributed by atoms with Crippen LogP contribution < -0.4 is 15.0 Å². The Bertz CT molecular complexity index is 948. The molecule has 0 amide bonds. The summed E-state index contributed by atoms with van der Waals surface area (Å²) in [6.07, 6.45) is 2.31. The fourth-order valence-corrected chi connectivity index (χ4v) is 3.05. The third-order valence-electron chi connectivity index (χ3n) is 4.48. The van der Waals surface area contributed by atoms with Crippen LogP contribution in [0, 0.1) is 5.82 Å². The van der Waals surface area contributed by atoms with Gasteiger partial charge in [-0.3, -0.25) is 0 Å². The summed E-state index contributed by atoms with van der Waals surface area (Å²) in [4.78, 5) is 15.3. The Kier molecular flexibility index (Phi) is 4.28. The number of nitrogens with zero attached hydrogens (tertiary/aromatic N) is 4. The highest BCUT2D eigenvalue weighted by molar-refractivity contribution is 5.86. The number of aromatic nitrogens is 3. The lowest BCUT2D eigenvalue weighted by Gasteiger charge is -2.20. The smallest absolute Gasteiger partial charge is 0.156 e. The number of hydrogen-bond donors (Lipinski definition) is 1. The first-order valence-corrected chi connectivity index (χ1v) is 8.61. The van der Waals surface area contributed by atoms with E-state index in [2.05, 4.69) is 22.2 Å². The molecule has 0 saturated carbocycles. The Morgan fingerprint density at radius 1 is 1.23 bits per heavy atom. The van der Waals surface area contributed by atoms with Crippen LogP contribution in [0.5, 0.6) is 5.75 Å². The Morgan fingerprint density at radius 2 is 2.12 bits per heavy atom. The second-order valence-corrected chi connectivity index (χ2v) is 6.55. The first kappa shape index (κ1) is 16.5. The SMILES string of the molecule is C[C@@H]1CCOc2ccc(F)cc2CN(C)c2ccc3ncnc(c3n2)N1. The average Bonchev–Trinajstić information content (AvgIpc) is 2.63. The summed E-state index contributed by atoms with van der Waals surface area (Å²) in [5.41, 5.74) is 2.30. The monoisotopic (exact) mass is 353 g/mol. The van der Waals surface area contributed by atoms with Gasteiger partial charge >= 0.3 is 0 Å². The van der Waals surface area contributed by atoms with Crippen LogP contribution in [0.4, 0.5) is 16.0 Å². The molecular formula is C19H20FN5O. The van der Waals surface area contributed by atoms with Gasteiger partial charge in [-0.15, -0.1) is 0 Å². The highest BCUT2D eigenvalue weighted by atomic mass is 19.1. The van der Waals surface area contributed by atoms with Gasteiger partial charge in [-0.2, -0.15) is 0 Å². The van der Waals surface area contributed by atoms with E-state index in [0.29, 0.717) is 24.7 Å². The van der Waals surface area contributed by atoms with E-state index in [4.69, 9.17) is 9.72 Å². The number of pyridine rings is 1. The maximum absolute atomic E-state index is 13.8. The van der Waals surface area contributed by atoms with Gasteiger partial charge in [-0.25, -0.2) is 19.3 Å². The zero-order valence-electron chi connectivity index (χ0n) is 14.7. The van der Waals surface area contributed by atoms with Gasteiger partial charge < -0.3 is 15.0 Å². The number of nitrogens with one attached hydrogen (secondary N) is 1. The molecule has 26 heavy (non-hydrogen) atoms. The van der Waals surface area contributed by atoms with E-state index in [1.165, 1.54) is 18.5 Å². The zero-order valence-corrected chi connectivity index (χ0v) is 14.7. The van der Waals surface area contributed by atoms with Gasteiger partial charge in [0.05, 0.1) is 12.1 Å². The van der Waals surface area contributed by atoms with Gasteiger partial charge in [-0.1, -0.05) is 0 Å². The van der Waals surface area contributed by atoms with Crippen LogP contribution in [0.25, 0.3) is 11.0 Å². The first-order valence-electron chi connectivity index (χ1n) is 8.61. The second-order valence-electron chi connectivity index (χ2n) is 6.55. The third-order valence-corrected chi connectivity index (χ3v) is 4.48. The molecule has 3 aromatic rings. The summed E-state index contributed by atoms with van der Waals surface area (Å²) in [7, 11) is 1.92. The number of rotatable bonds is 0. The number of fused-ring (bicyclic) bond motifs is 2. The van der Waals surface area contributed by atoms with E-state index in [0.717, 1.165) is 28.8 Å². The largest absolute Gasteiger partial charge is 0.493 e. The summed E-state index contributed by atoms with van der Waals surface area (Å²) in [6, 6.07) is 8.60. The summed E-state index contributed by atoms with van der Waals surface area (Å²) >= 11 is 0. The van der Waals surface area contributed by atoms with Gasteiger partial charge in [-0.05, 0) is 37.3 Å². The maximum atomic E-state index is 13.8. The molecule has 1 aliphatic rings. The van der Waals surface area contributed by atoms with Crippen LogP contribution in [-0.2, 0) is 6.54 Å². The molecule has 3 heterocycles. The predicted molar refractivity (Wildman–Crippen MR) is 99.0 cm³/mol. The Balaban J connectivity index is 1.81. The van der Waals surface area contributed by atoms with Crippen molar-refractivity contribution < 1.29 is 9.13 Å². The lowest BCUT2D eigenvalue weighted by atomic mass is 10.1. The maximum Gasteiger partial charge on any atom is 0.156 e. The van der Waals surface area contributed by atoms with Crippen molar-refractivity contribution in [2.75, 3.05) is 23.9 Å². The van der Waals surface area contributed by atoms with Crippen LogP contribution in [0.15, 0.2) is 36.7 Å². The Hall–Kier alpha value is -2.96. The molecule has 1 aromatic carbocycles. The van der Waals surface area contributed by atoms with Crippen molar-refractivity contribution in [1.82, 2.24) is 15.0 Å². The lowest BCUT2D eigenvalue weighted by Crippen LogP contribution is -2.19. The number of halogens is 1. The molecule has 0 unspecified atom stereocenters. The van der Waals surface area contributed by atoms with Gasteiger partial charge in [0.15, 0.2) is 5.82 Å². The van der Waals surface area contributed by atoms with Crippen LogP contribution in [0.3, 0.4) is 0 Å². The number of hydrogen-bond acceptors (Lipinski definition) is 6. The molecule has 0 saturated heterocycles. The van der Waals surface area contributed by atoms with Gasteiger partial charge in [0, 0.05) is 31.6 Å². The van der Waals surface area contributed by atoms with Crippen molar-refractivity contribution in [3.63, 3.8) is 0 Å². The van der Waals surface area contributed by atoms with Gasteiger partial charge in [0.1, 0.15) is 29.2 Å². The summed E-state index contributed by atoms with van der Waals surface area (Å²) in [5, 5.41) is 3.39. The molecule has 0 aliphatic carbocycles. The van der Waals surface area contributed by atoms with Crippen molar-refractivity contribution in [2.24, 2.45) is 0 Å².